The standard InChI is InChI=1S/C15H10F20O2Si/c16-8(17,12(24,25)26)6(9(18,19)13(27,28)29)7(10(20,21)14(30,31)32,11(22,23)15(33,34)35)37-38(36-6)4-2-1-3-5-38/h1-5H2. The van der Waals surface area contributed by atoms with Gasteiger partial charge in [-0.1, -0.05) is 19.3 Å². The first-order valence-corrected chi connectivity index (χ1v) is 11.8. The lowest BCUT2D eigenvalue weighted by atomic mass is 9.65. The third-order valence-corrected chi connectivity index (χ3v) is 9.57. The molecule has 2 nitrogen and oxygen atoms in total. The summed E-state index contributed by atoms with van der Waals surface area (Å²) in [5, 5.41) is 0. The molecule has 2 aliphatic heterocycles. The van der Waals surface area contributed by atoms with Crippen LogP contribution in [0.1, 0.15) is 19.3 Å². The lowest BCUT2D eigenvalue weighted by molar-refractivity contribution is -0.497. The molecule has 0 aromatic carbocycles. The lowest BCUT2D eigenvalue weighted by Gasteiger charge is -2.54. The number of rotatable bonds is 4. The Morgan fingerprint density at radius 2 is 0.579 bits per heavy atom. The summed E-state index contributed by atoms with van der Waals surface area (Å²) in [6.07, 6.45) is -35.0. The molecule has 0 bridgehead atoms. The van der Waals surface area contributed by atoms with Gasteiger partial charge in [0.2, 0.25) is 11.2 Å². The van der Waals surface area contributed by atoms with Gasteiger partial charge in [0, 0.05) is 0 Å². The highest BCUT2D eigenvalue weighted by atomic mass is 28.4. The Bertz CT molecular complexity index is 772. The smallest absolute Gasteiger partial charge is 0.373 e. The van der Waals surface area contributed by atoms with Crippen LogP contribution in [0.2, 0.25) is 12.1 Å². The summed E-state index contributed by atoms with van der Waals surface area (Å²) < 4.78 is 284. The average molecular weight is 630 g/mol. The summed E-state index contributed by atoms with van der Waals surface area (Å²) in [5.74, 6) is -34.5. The van der Waals surface area contributed by atoms with Crippen LogP contribution < -0.4 is 0 Å². The van der Waals surface area contributed by atoms with E-state index in [0.717, 1.165) is 0 Å². The van der Waals surface area contributed by atoms with Crippen LogP contribution in [0.4, 0.5) is 87.8 Å². The summed E-state index contributed by atoms with van der Waals surface area (Å²) >= 11 is 0. The van der Waals surface area contributed by atoms with Crippen molar-refractivity contribution in [1.82, 2.24) is 0 Å². The van der Waals surface area contributed by atoms with Crippen molar-refractivity contribution in [2.45, 2.75) is 90.9 Å². The van der Waals surface area contributed by atoms with Crippen molar-refractivity contribution in [3.63, 3.8) is 0 Å². The van der Waals surface area contributed by atoms with Crippen LogP contribution in [0.25, 0.3) is 0 Å². The topological polar surface area (TPSA) is 18.5 Å². The van der Waals surface area contributed by atoms with Crippen LogP contribution in [0.5, 0.6) is 0 Å². The van der Waals surface area contributed by atoms with E-state index < -0.39 is 93.1 Å². The van der Waals surface area contributed by atoms with Gasteiger partial charge in [-0.05, 0) is 12.1 Å². The molecule has 0 radical (unpaired) electrons. The van der Waals surface area contributed by atoms with Crippen LogP contribution in [0.3, 0.4) is 0 Å². The Morgan fingerprint density at radius 1 is 0.368 bits per heavy atom. The molecular weight excluding hydrogens is 620 g/mol. The van der Waals surface area contributed by atoms with E-state index in [9.17, 15) is 87.8 Å². The second-order valence-corrected chi connectivity index (χ2v) is 11.6. The second kappa shape index (κ2) is 8.38. The molecule has 38 heavy (non-hydrogen) atoms. The molecule has 0 N–H and O–H groups in total. The summed E-state index contributed by atoms with van der Waals surface area (Å²) in [5.41, 5.74) is -16.8. The number of halogens is 20. The summed E-state index contributed by atoms with van der Waals surface area (Å²) in [6.45, 7) is 0. The molecule has 2 rings (SSSR count). The molecule has 0 amide bonds. The first kappa shape index (κ1) is 32.9. The highest BCUT2D eigenvalue weighted by molar-refractivity contribution is 6.68. The Kier molecular flexibility index (Phi) is 7.26. The maximum absolute atomic E-state index is 14.7. The number of hydrogen-bond acceptors (Lipinski definition) is 2. The molecule has 0 saturated carbocycles. The minimum atomic E-state index is -8.63. The zero-order valence-corrected chi connectivity index (χ0v) is 18.4. The average Bonchev–Trinajstić information content (AvgIpc) is 2.99. The van der Waals surface area contributed by atoms with E-state index in [0.29, 0.717) is 0 Å². The minimum absolute atomic E-state index is 0.335. The zero-order chi connectivity index (χ0) is 30.4. The van der Waals surface area contributed by atoms with Gasteiger partial charge in [-0.2, -0.15) is 87.8 Å². The molecule has 2 aliphatic rings. The summed E-state index contributed by atoms with van der Waals surface area (Å²) in [4.78, 5) is 0. The van der Waals surface area contributed by atoms with Gasteiger partial charge in [-0.3, -0.25) is 0 Å². The van der Waals surface area contributed by atoms with E-state index in [2.05, 4.69) is 8.85 Å². The van der Waals surface area contributed by atoms with Gasteiger partial charge in [0.25, 0.3) is 0 Å². The lowest BCUT2D eigenvalue weighted by Crippen LogP contribution is -2.88. The molecular formula is C15H10F20O2Si. The maximum atomic E-state index is 14.7. The Balaban J connectivity index is 3.43. The second-order valence-electron chi connectivity index (χ2n) is 8.33. The predicted molar refractivity (Wildman–Crippen MR) is 80.9 cm³/mol. The quantitative estimate of drug-likeness (QED) is 0.232. The summed E-state index contributed by atoms with van der Waals surface area (Å²) in [6, 6.07) is -3.36. The van der Waals surface area contributed by atoms with Crippen molar-refractivity contribution >= 4 is 8.56 Å². The van der Waals surface area contributed by atoms with Crippen molar-refractivity contribution < 1.29 is 96.7 Å². The van der Waals surface area contributed by atoms with Gasteiger partial charge in [0.1, 0.15) is 0 Å². The van der Waals surface area contributed by atoms with Crippen LogP contribution in [-0.2, 0) is 8.85 Å². The molecule has 2 saturated heterocycles. The first-order chi connectivity index (χ1) is 16.4. The third kappa shape index (κ3) is 3.82. The fraction of sp³-hybridized carbons (Fsp3) is 1.00. The zero-order valence-electron chi connectivity index (χ0n) is 17.4. The van der Waals surface area contributed by atoms with Gasteiger partial charge in [-0.15, -0.1) is 0 Å². The van der Waals surface area contributed by atoms with Crippen molar-refractivity contribution in [2.75, 3.05) is 0 Å². The van der Waals surface area contributed by atoms with E-state index in [1.165, 1.54) is 0 Å². The largest absolute Gasteiger partial charge is 0.456 e. The molecule has 0 aromatic rings. The van der Waals surface area contributed by atoms with E-state index in [-0.39, 0.29) is 6.42 Å². The van der Waals surface area contributed by atoms with Gasteiger partial charge in [-0.25, -0.2) is 0 Å². The number of hydrogen-bond donors (Lipinski definition) is 0. The van der Waals surface area contributed by atoms with Crippen molar-refractivity contribution in [3.8, 4) is 0 Å². The van der Waals surface area contributed by atoms with Crippen LogP contribution in [0.15, 0.2) is 0 Å². The molecule has 2 fully saturated rings. The predicted octanol–water partition coefficient (Wildman–Crippen LogP) is 7.93. The molecule has 226 valence electrons. The molecule has 1 spiro atoms. The normalized spacial score (nSPS) is 23.7. The molecule has 0 unspecified atom stereocenters. The monoisotopic (exact) mass is 630 g/mol. The maximum Gasteiger partial charge on any atom is 0.456 e. The van der Waals surface area contributed by atoms with Crippen molar-refractivity contribution in [2.24, 2.45) is 0 Å². The van der Waals surface area contributed by atoms with Gasteiger partial charge < -0.3 is 8.85 Å². The van der Waals surface area contributed by atoms with E-state index in [4.69, 9.17) is 0 Å². The number of alkyl halides is 20. The van der Waals surface area contributed by atoms with Gasteiger partial charge >= 0.3 is 57.0 Å². The SMILES string of the molecule is FC(F)(F)C(F)(F)C1(C(F)(F)C(F)(F)F)O[Si]2(CCCCC2)OC1(C(F)(F)C(F)(F)F)C(F)(F)C(F)(F)F. The molecule has 2 heterocycles. The molecule has 23 heteroatoms. The first-order valence-electron chi connectivity index (χ1n) is 9.55. The van der Waals surface area contributed by atoms with Crippen LogP contribution in [0, 0.1) is 0 Å². The van der Waals surface area contributed by atoms with Crippen molar-refractivity contribution in [3.05, 3.63) is 0 Å². The van der Waals surface area contributed by atoms with Crippen LogP contribution in [-0.4, -0.2) is 68.2 Å². The molecule has 0 aromatic heterocycles. The highest BCUT2D eigenvalue weighted by Gasteiger charge is 3.07. The van der Waals surface area contributed by atoms with Crippen LogP contribution >= 0.6 is 0 Å². The van der Waals surface area contributed by atoms with E-state index >= 15 is 0 Å². The van der Waals surface area contributed by atoms with Gasteiger partial charge in [0.15, 0.2) is 0 Å². The third-order valence-electron chi connectivity index (χ3n) is 5.98. The minimum Gasteiger partial charge on any atom is -0.373 e. The fourth-order valence-corrected chi connectivity index (χ4v) is 8.54. The molecule has 0 aliphatic carbocycles. The van der Waals surface area contributed by atoms with E-state index in [1.54, 1.807) is 0 Å². The van der Waals surface area contributed by atoms with E-state index in [1.807, 2.05) is 0 Å². The summed E-state index contributed by atoms with van der Waals surface area (Å²) in [7, 11) is -6.46. The Hall–Kier alpha value is -1.26. The van der Waals surface area contributed by atoms with Crippen molar-refractivity contribution in [1.29, 1.82) is 0 Å². The Morgan fingerprint density at radius 3 is 0.763 bits per heavy atom. The molecule has 0 atom stereocenters. The Labute approximate surface area is 197 Å². The fourth-order valence-electron chi connectivity index (χ4n) is 4.35. The van der Waals surface area contributed by atoms with Gasteiger partial charge in [0.05, 0.1) is 0 Å². The highest BCUT2D eigenvalue weighted by Crippen LogP contribution is 2.75.